The van der Waals surface area contributed by atoms with E-state index in [1.807, 2.05) is 13.8 Å². The number of amides is 1. The molecule has 0 bridgehead atoms. The standard InChI is InChI=1S/C14H21N3O3/c1-4-8-15-10-14(18)16(3)11(2)12-6-5-7-13(9-12)17(19)20/h5-7,9,11,15H,4,8,10H2,1-3H3. The Hall–Kier alpha value is -1.95. The molecule has 110 valence electrons. The number of carbonyl (C=O) groups is 1. The number of benzene rings is 1. The highest BCUT2D eigenvalue weighted by molar-refractivity contribution is 5.78. The van der Waals surface area contributed by atoms with Crippen molar-refractivity contribution >= 4 is 11.6 Å². The van der Waals surface area contributed by atoms with Crippen LogP contribution in [0.25, 0.3) is 0 Å². The van der Waals surface area contributed by atoms with Gasteiger partial charge in [-0.2, -0.15) is 0 Å². The first kappa shape index (κ1) is 16.1. The Bertz CT molecular complexity index is 476. The third-order valence-corrected chi connectivity index (χ3v) is 3.24. The Kier molecular flexibility index (Phi) is 6.11. The lowest BCUT2D eigenvalue weighted by Gasteiger charge is -2.25. The summed E-state index contributed by atoms with van der Waals surface area (Å²) in [5, 5.41) is 13.8. The molecule has 0 saturated carbocycles. The maximum atomic E-state index is 12.0. The molecular formula is C14H21N3O3. The smallest absolute Gasteiger partial charge is 0.269 e. The number of nitrogens with one attached hydrogen (secondary N) is 1. The van der Waals surface area contributed by atoms with E-state index in [1.54, 1.807) is 24.1 Å². The molecule has 1 aromatic carbocycles. The number of nitrogens with zero attached hydrogens (tertiary/aromatic N) is 2. The molecule has 1 amide bonds. The van der Waals surface area contributed by atoms with Gasteiger partial charge >= 0.3 is 0 Å². The van der Waals surface area contributed by atoms with Crippen molar-refractivity contribution in [3.8, 4) is 0 Å². The summed E-state index contributed by atoms with van der Waals surface area (Å²) in [5.74, 6) is -0.0301. The number of nitro groups is 1. The average Bonchev–Trinajstić information content (AvgIpc) is 2.45. The lowest BCUT2D eigenvalue weighted by Crippen LogP contribution is -2.37. The van der Waals surface area contributed by atoms with Crippen LogP contribution in [0.1, 0.15) is 31.9 Å². The number of hydrogen-bond acceptors (Lipinski definition) is 4. The second kappa shape index (κ2) is 7.59. The molecule has 0 aliphatic carbocycles. The van der Waals surface area contributed by atoms with Gasteiger partial charge in [-0.25, -0.2) is 0 Å². The second-order valence-electron chi connectivity index (χ2n) is 4.71. The van der Waals surface area contributed by atoms with Crippen LogP contribution in [0.3, 0.4) is 0 Å². The molecule has 0 spiro atoms. The van der Waals surface area contributed by atoms with Crippen molar-refractivity contribution in [2.75, 3.05) is 20.1 Å². The zero-order valence-electron chi connectivity index (χ0n) is 12.1. The van der Waals surface area contributed by atoms with Gasteiger partial charge in [0.25, 0.3) is 5.69 Å². The highest BCUT2D eigenvalue weighted by atomic mass is 16.6. The lowest BCUT2D eigenvalue weighted by atomic mass is 10.1. The number of carbonyl (C=O) groups excluding carboxylic acids is 1. The largest absolute Gasteiger partial charge is 0.338 e. The molecular weight excluding hydrogens is 258 g/mol. The molecule has 0 aromatic heterocycles. The molecule has 1 unspecified atom stereocenters. The molecule has 6 heteroatoms. The quantitative estimate of drug-likeness (QED) is 0.471. The van der Waals surface area contributed by atoms with Gasteiger partial charge in [-0.15, -0.1) is 0 Å². The van der Waals surface area contributed by atoms with Crippen molar-refractivity contribution in [2.24, 2.45) is 0 Å². The van der Waals surface area contributed by atoms with Gasteiger partial charge in [-0.3, -0.25) is 14.9 Å². The molecule has 6 nitrogen and oxygen atoms in total. The van der Waals surface area contributed by atoms with E-state index in [2.05, 4.69) is 5.32 Å². The molecule has 0 aliphatic rings. The van der Waals surface area contributed by atoms with Crippen LogP contribution in [0.2, 0.25) is 0 Å². The zero-order chi connectivity index (χ0) is 15.1. The Morgan fingerprint density at radius 2 is 2.20 bits per heavy atom. The van der Waals surface area contributed by atoms with Crippen LogP contribution in [0.15, 0.2) is 24.3 Å². The molecule has 0 heterocycles. The van der Waals surface area contributed by atoms with Crippen LogP contribution in [0.5, 0.6) is 0 Å². The maximum absolute atomic E-state index is 12.0. The first-order chi connectivity index (χ1) is 9.47. The number of hydrogen-bond donors (Lipinski definition) is 1. The summed E-state index contributed by atoms with van der Waals surface area (Å²) in [4.78, 5) is 23.9. The highest BCUT2D eigenvalue weighted by Gasteiger charge is 2.18. The first-order valence-corrected chi connectivity index (χ1v) is 6.68. The average molecular weight is 279 g/mol. The zero-order valence-corrected chi connectivity index (χ0v) is 12.1. The van der Waals surface area contributed by atoms with Crippen molar-refractivity contribution in [3.63, 3.8) is 0 Å². The van der Waals surface area contributed by atoms with Gasteiger partial charge in [0.1, 0.15) is 0 Å². The monoisotopic (exact) mass is 279 g/mol. The number of likely N-dealkylation sites (N-methyl/N-ethyl adjacent to an activating group) is 1. The van der Waals surface area contributed by atoms with Crippen LogP contribution in [-0.2, 0) is 4.79 Å². The summed E-state index contributed by atoms with van der Waals surface area (Å²) in [6, 6.07) is 6.18. The molecule has 20 heavy (non-hydrogen) atoms. The fourth-order valence-corrected chi connectivity index (χ4v) is 1.83. The second-order valence-corrected chi connectivity index (χ2v) is 4.71. The fraction of sp³-hybridized carbons (Fsp3) is 0.500. The molecule has 0 saturated heterocycles. The Morgan fingerprint density at radius 3 is 2.80 bits per heavy atom. The lowest BCUT2D eigenvalue weighted by molar-refractivity contribution is -0.384. The summed E-state index contributed by atoms with van der Waals surface area (Å²) in [6.45, 7) is 4.97. The number of non-ortho nitro benzene ring substituents is 1. The van der Waals surface area contributed by atoms with Crippen molar-refractivity contribution in [1.29, 1.82) is 0 Å². The van der Waals surface area contributed by atoms with E-state index in [1.165, 1.54) is 12.1 Å². The van der Waals surface area contributed by atoms with Crippen molar-refractivity contribution in [1.82, 2.24) is 10.2 Å². The van der Waals surface area contributed by atoms with Crippen LogP contribution in [0, 0.1) is 10.1 Å². The molecule has 1 aromatic rings. The predicted molar refractivity (Wildman–Crippen MR) is 77.4 cm³/mol. The minimum Gasteiger partial charge on any atom is -0.338 e. The van der Waals surface area contributed by atoms with Crippen LogP contribution in [0.4, 0.5) is 5.69 Å². The van der Waals surface area contributed by atoms with Crippen molar-refractivity contribution in [3.05, 3.63) is 39.9 Å². The minimum atomic E-state index is -0.430. The fourth-order valence-electron chi connectivity index (χ4n) is 1.83. The van der Waals surface area contributed by atoms with E-state index in [4.69, 9.17) is 0 Å². The molecule has 0 radical (unpaired) electrons. The van der Waals surface area contributed by atoms with Crippen LogP contribution >= 0.6 is 0 Å². The Morgan fingerprint density at radius 1 is 1.50 bits per heavy atom. The number of rotatable bonds is 7. The van der Waals surface area contributed by atoms with Gasteiger partial charge in [0.2, 0.25) is 5.91 Å². The summed E-state index contributed by atoms with van der Waals surface area (Å²) in [7, 11) is 1.71. The van der Waals surface area contributed by atoms with Gasteiger partial charge in [-0.05, 0) is 25.5 Å². The van der Waals surface area contributed by atoms with E-state index in [0.717, 1.165) is 18.5 Å². The van der Waals surface area contributed by atoms with Gasteiger partial charge in [0.05, 0.1) is 17.5 Å². The normalized spacial score (nSPS) is 11.9. The van der Waals surface area contributed by atoms with Gasteiger partial charge < -0.3 is 10.2 Å². The maximum Gasteiger partial charge on any atom is 0.269 e. The molecule has 0 fully saturated rings. The van der Waals surface area contributed by atoms with Crippen LogP contribution in [-0.4, -0.2) is 35.9 Å². The SMILES string of the molecule is CCCNCC(=O)N(C)C(C)c1cccc([N+](=O)[O-])c1. The van der Waals surface area contributed by atoms with E-state index in [9.17, 15) is 14.9 Å². The third-order valence-electron chi connectivity index (χ3n) is 3.24. The van der Waals surface area contributed by atoms with Crippen molar-refractivity contribution in [2.45, 2.75) is 26.3 Å². The summed E-state index contributed by atoms with van der Waals surface area (Å²) < 4.78 is 0. The van der Waals surface area contributed by atoms with Gasteiger partial charge in [0, 0.05) is 19.2 Å². The van der Waals surface area contributed by atoms with Crippen LogP contribution < -0.4 is 5.32 Å². The van der Waals surface area contributed by atoms with Crippen molar-refractivity contribution < 1.29 is 9.72 Å². The highest BCUT2D eigenvalue weighted by Crippen LogP contribution is 2.22. The topological polar surface area (TPSA) is 75.5 Å². The Balaban J connectivity index is 2.73. The van der Waals surface area contributed by atoms with E-state index in [-0.39, 0.29) is 24.2 Å². The molecule has 0 aliphatic heterocycles. The first-order valence-electron chi connectivity index (χ1n) is 6.68. The molecule has 1 rings (SSSR count). The van der Waals surface area contributed by atoms with E-state index < -0.39 is 4.92 Å². The van der Waals surface area contributed by atoms with Gasteiger partial charge in [0.15, 0.2) is 0 Å². The Labute approximate surface area is 118 Å². The number of nitro benzene ring substituents is 1. The molecule has 1 atom stereocenters. The summed E-state index contributed by atoms with van der Waals surface area (Å²) in [5.41, 5.74) is 0.796. The minimum absolute atomic E-state index is 0.0301. The van der Waals surface area contributed by atoms with E-state index in [0.29, 0.717) is 0 Å². The van der Waals surface area contributed by atoms with Gasteiger partial charge in [-0.1, -0.05) is 19.1 Å². The predicted octanol–water partition coefficient (Wildman–Crippen LogP) is 2.11. The van der Waals surface area contributed by atoms with E-state index >= 15 is 0 Å². The third kappa shape index (κ3) is 4.31. The summed E-state index contributed by atoms with van der Waals surface area (Å²) >= 11 is 0. The molecule has 1 N–H and O–H groups in total. The summed E-state index contributed by atoms with van der Waals surface area (Å²) in [6.07, 6.45) is 0.970.